The van der Waals surface area contributed by atoms with Crippen molar-refractivity contribution in [1.82, 2.24) is 20.1 Å². The van der Waals surface area contributed by atoms with Crippen LogP contribution in [0, 0.1) is 11.6 Å². The Morgan fingerprint density at radius 3 is 2.51 bits per heavy atom. The number of aromatic nitrogens is 3. The Morgan fingerprint density at radius 2 is 1.74 bits per heavy atom. The Bertz CT molecular complexity index is 1400. The lowest BCUT2D eigenvalue weighted by Gasteiger charge is -2.28. The zero-order valence-corrected chi connectivity index (χ0v) is 19.0. The highest BCUT2D eigenvalue weighted by atomic mass is 19.2. The molecule has 7 heteroatoms. The molecule has 2 aliphatic rings. The van der Waals surface area contributed by atoms with Crippen LogP contribution >= 0.6 is 0 Å². The molecule has 176 valence electrons. The Hall–Kier alpha value is -3.84. The topological polar surface area (TPSA) is 65.0 Å². The first-order valence-electron chi connectivity index (χ1n) is 11.7. The Labute approximate surface area is 201 Å². The van der Waals surface area contributed by atoms with Crippen LogP contribution < -0.4 is 0 Å². The number of rotatable bonds is 4. The van der Waals surface area contributed by atoms with Crippen molar-refractivity contribution in [3.8, 4) is 28.1 Å². The van der Waals surface area contributed by atoms with E-state index in [0.717, 1.165) is 48.8 Å². The standard InChI is InChI=1S/C28H24F2N4O/c29-24-6-3-19(15-25(24)30)27-26(18-7-10-31-11-8-18)28(33-32-27)20-9-12-34-16-21(14-22(34)13-20)17-1-4-23(35)5-2-17/h1-8,10-11,13,15,21-22,35H,9,12,14,16H2,(H,32,33)/t21-,22-/m1/s1. The van der Waals surface area contributed by atoms with Crippen LogP contribution in [0.3, 0.4) is 0 Å². The number of nitrogens with one attached hydrogen (secondary N) is 1. The van der Waals surface area contributed by atoms with E-state index in [1.54, 1.807) is 30.6 Å². The van der Waals surface area contributed by atoms with Crippen molar-refractivity contribution >= 4 is 5.57 Å². The number of hydrogen-bond acceptors (Lipinski definition) is 4. The molecular formula is C28H24F2N4O. The monoisotopic (exact) mass is 470 g/mol. The molecule has 5 nitrogen and oxygen atoms in total. The lowest BCUT2D eigenvalue weighted by Crippen LogP contribution is -2.32. The van der Waals surface area contributed by atoms with Gasteiger partial charge in [0.1, 0.15) is 11.4 Å². The van der Waals surface area contributed by atoms with Crippen LogP contribution in [-0.4, -0.2) is 44.3 Å². The van der Waals surface area contributed by atoms with E-state index in [1.807, 2.05) is 24.3 Å². The van der Waals surface area contributed by atoms with Crippen molar-refractivity contribution < 1.29 is 13.9 Å². The number of aromatic amines is 1. The smallest absolute Gasteiger partial charge is 0.159 e. The van der Waals surface area contributed by atoms with Gasteiger partial charge in [0.15, 0.2) is 11.6 Å². The summed E-state index contributed by atoms with van der Waals surface area (Å²) in [5, 5.41) is 17.4. The van der Waals surface area contributed by atoms with E-state index in [9.17, 15) is 13.9 Å². The highest BCUT2D eigenvalue weighted by Crippen LogP contribution is 2.42. The Balaban J connectivity index is 1.38. The van der Waals surface area contributed by atoms with Crippen molar-refractivity contribution in [3.63, 3.8) is 0 Å². The van der Waals surface area contributed by atoms with Crippen LogP contribution in [0.1, 0.15) is 30.0 Å². The molecule has 4 aromatic rings. The molecule has 0 radical (unpaired) electrons. The maximum absolute atomic E-state index is 14.1. The predicted octanol–water partition coefficient (Wildman–Crippen LogP) is 5.77. The fourth-order valence-electron chi connectivity index (χ4n) is 5.37. The molecule has 4 heterocycles. The number of hydrogen-bond donors (Lipinski definition) is 2. The summed E-state index contributed by atoms with van der Waals surface area (Å²) in [6.07, 6.45) is 7.62. The van der Waals surface area contributed by atoms with Gasteiger partial charge < -0.3 is 5.11 Å². The zero-order chi connectivity index (χ0) is 23.9. The molecule has 2 atom stereocenters. The molecule has 0 saturated carbocycles. The molecule has 0 aliphatic carbocycles. The van der Waals surface area contributed by atoms with E-state index < -0.39 is 11.6 Å². The summed E-state index contributed by atoms with van der Waals surface area (Å²) in [6.45, 7) is 1.92. The predicted molar refractivity (Wildman–Crippen MR) is 131 cm³/mol. The normalized spacial score (nSPS) is 20.0. The number of fused-ring (bicyclic) bond motifs is 1. The molecule has 2 aromatic carbocycles. The second-order valence-electron chi connectivity index (χ2n) is 9.22. The van der Waals surface area contributed by atoms with Gasteiger partial charge in [-0.05, 0) is 77.9 Å². The summed E-state index contributed by atoms with van der Waals surface area (Å²) < 4.78 is 27.6. The van der Waals surface area contributed by atoms with Gasteiger partial charge in [0, 0.05) is 42.7 Å². The number of halogens is 2. The number of phenolic OH excluding ortho intramolecular Hbond substituents is 1. The quantitative estimate of drug-likeness (QED) is 0.398. The number of H-pyrrole nitrogens is 1. The minimum absolute atomic E-state index is 0.284. The third-order valence-electron chi connectivity index (χ3n) is 7.13. The molecule has 0 bridgehead atoms. The molecule has 1 fully saturated rings. The number of phenols is 1. The van der Waals surface area contributed by atoms with Gasteiger partial charge in [0.05, 0.1) is 5.69 Å². The van der Waals surface area contributed by atoms with Crippen LogP contribution in [-0.2, 0) is 0 Å². The van der Waals surface area contributed by atoms with Crippen LogP contribution in [0.2, 0.25) is 0 Å². The molecule has 0 spiro atoms. The lowest BCUT2D eigenvalue weighted by molar-refractivity contribution is 0.285. The first kappa shape index (κ1) is 21.7. The van der Waals surface area contributed by atoms with Gasteiger partial charge in [-0.2, -0.15) is 5.10 Å². The summed E-state index contributed by atoms with van der Waals surface area (Å²) in [6, 6.07) is 15.5. The molecule has 2 N–H and O–H groups in total. The third kappa shape index (κ3) is 4.02. The summed E-state index contributed by atoms with van der Waals surface area (Å²) >= 11 is 0. The molecule has 1 saturated heterocycles. The fourth-order valence-corrected chi connectivity index (χ4v) is 5.37. The van der Waals surface area contributed by atoms with Gasteiger partial charge in [-0.25, -0.2) is 8.78 Å². The number of pyridine rings is 1. The van der Waals surface area contributed by atoms with Crippen LogP contribution in [0.25, 0.3) is 28.0 Å². The van der Waals surface area contributed by atoms with Crippen molar-refractivity contribution in [3.05, 3.63) is 96.0 Å². The first-order chi connectivity index (χ1) is 17.1. The van der Waals surface area contributed by atoms with Crippen LogP contribution in [0.4, 0.5) is 8.78 Å². The fraction of sp³-hybridized carbons (Fsp3) is 0.214. The highest BCUT2D eigenvalue weighted by molar-refractivity contribution is 5.89. The summed E-state index contributed by atoms with van der Waals surface area (Å²) in [7, 11) is 0. The van der Waals surface area contributed by atoms with E-state index in [0.29, 0.717) is 23.2 Å². The SMILES string of the molecule is Oc1ccc([C@@H]2C[C@H]3C=C(c4[nH]nc(-c5ccc(F)c(F)c5)c4-c4ccncc4)CCN3C2)cc1. The van der Waals surface area contributed by atoms with Crippen LogP contribution in [0.15, 0.2) is 73.1 Å². The van der Waals surface area contributed by atoms with Gasteiger partial charge in [-0.3, -0.25) is 15.0 Å². The van der Waals surface area contributed by atoms with E-state index in [1.165, 1.54) is 17.2 Å². The molecule has 6 rings (SSSR count). The van der Waals surface area contributed by atoms with Gasteiger partial charge in [-0.1, -0.05) is 18.2 Å². The minimum Gasteiger partial charge on any atom is -0.508 e. The average Bonchev–Trinajstić information content (AvgIpc) is 3.51. The maximum Gasteiger partial charge on any atom is 0.159 e. The van der Waals surface area contributed by atoms with Gasteiger partial charge in [-0.15, -0.1) is 0 Å². The van der Waals surface area contributed by atoms with Gasteiger partial charge in [0.25, 0.3) is 0 Å². The van der Waals surface area contributed by atoms with E-state index in [2.05, 4.69) is 26.2 Å². The van der Waals surface area contributed by atoms with E-state index in [-0.39, 0.29) is 5.75 Å². The number of benzene rings is 2. The number of nitrogens with zero attached hydrogens (tertiary/aromatic N) is 3. The lowest BCUT2D eigenvalue weighted by atomic mass is 9.91. The summed E-state index contributed by atoms with van der Waals surface area (Å²) in [4.78, 5) is 6.63. The third-order valence-corrected chi connectivity index (χ3v) is 7.13. The first-order valence-corrected chi connectivity index (χ1v) is 11.7. The van der Waals surface area contributed by atoms with E-state index >= 15 is 0 Å². The minimum atomic E-state index is -0.897. The molecular weight excluding hydrogens is 446 g/mol. The average molecular weight is 471 g/mol. The van der Waals surface area contributed by atoms with Crippen LogP contribution in [0.5, 0.6) is 5.75 Å². The van der Waals surface area contributed by atoms with Crippen molar-refractivity contribution in [2.75, 3.05) is 13.1 Å². The molecule has 35 heavy (non-hydrogen) atoms. The van der Waals surface area contributed by atoms with Gasteiger partial charge in [0.2, 0.25) is 0 Å². The Morgan fingerprint density at radius 1 is 0.943 bits per heavy atom. The molecule has 2 aliphatic heterocycles. The largest absolute Gasteiger partial charge is 0.508 e. The number of aromatic hydroxyl groups is 1. The molecule has 2 aromatic heterocycles. The van der Waals surface area contributed by atoms with Crippen molar-refractivity contribution in [2.45, 2.75) is 24.8 Å². The molecule has 0 amide bonds. The Kier molecular flexibility index (Phi) is 5.41. The van der Waals surface area contributed by atoms with Gasteiger partial charge >= 0.3 is 0 Å². The van der Waals surface area contributed by atoms with Crippen molar-refractivity contribution in [1.29, 1.82) is 0 Å². The van der Waals surface area contributed by atoms with Crippen molar-refractivity contribution in [2.24, 2.45) is 0 Å². The molecule has 0 unspecified atom stereocenters. The highest BCUT2D eigenvalue weighted by Gasteiger charge is 2.35. The zero-order valence-electron chi connectivity index (χ0n) is 19.0. The summed E-state index contributed by atoms with van der Waals surface area (Å²) in [5.41, 5.74) is 6.21. The second-order valence-corrected chi connectivity index (χ2v) is 9.22. The van der Waals surface area contributed by atoms with E-state index in [4.69, 9.17) is 0 Å². The second kappa shape index (κ2) is 8.74. The summed E-state index contributed by atoms with van der Waals surface area (Å²) in [5.74, 6) is -1.08. The maximum atomic E-state index is 14.1.